The van der Waals surface area contributed by atoms with E-state index in [1.54, 1.807) is 48.5 Å². The van der Waals surface area contributed by atoms with Gasteiger partial charge >= 0.3 is 11.7 Å². The van der Waals surface area contributed by atoms with E-state index in [2.05, 4.69) is 15.6 Å². The molecule has 3 atom stereocenters. The van der Waals surface area contributed by atoms with Crippen LogP contribution in [0.15, 0.2) is 64.2 Å². The Labute approximate surface area is 230 Å². The fourth-order valence-electron chi connectivity index (χ4n) is 4.33. The van der Waals surface area contributed by atoms with E-state index in [4.69, 9.17) is 0 Å². The molecule has 1 heterocycles. The van der Waals surface area contributed by atoms with E-state index in [1.165, 1.54) is 11.8 Å². The van der Waals surface area contributed by atoms with E-state index in [-0.39, 0.29) is 30.6 Å². The lowest BCUT2D eigenvalue weighted by Crippen LogP contribution is -2.54. The second kappa shape index (κ2) is 13.8. The van der Waals surface area contributed by atoms with Gasteiger partial charge in [-0.3, -0.25) is 14.4 Å². The summed E-state index contributed by atoms with van der Waals surface area (Å²) in [6.45, 7) is 3.74. The number of hydrogen-bond donors (Lipinski definition) is 4. The van der Waals surface area contributed by atoms with Gasteiger partial charge in [0.15, 0.2) is 0 Å². The van der Waals surface area contributed by atoms with Gasteiger partial charge in [0.25, 0.3) is 5.56 Å². The molecule has 3 aromatic rings. The normalized spacial score (nSPS) is 13.5. The first-order valence-electron chi connectivity index (χ1n) is 12.7. The number of hydrogen-bond acceptors (Lipinski definition) is 6. The molecule has 11 heteroatoms. The third-order valence-corrected chi connectivity index (χ3v) is 6.93. The molecule has 0 fully saturated rings. The number of fused-ring (bicyclic) bond motifs is 1. The highest BCUT2D eigenvalue weighted by Crippen LogP contribution is 2.15. The highest BCUT2D eigenvalue weighted by atomic mass is 32.2. The number of rotatable bonds is 13. The predicted octanol–water partition coefficient (Wildman–Crippen LogP) is 2.33. The maximum atomic E-state index is 13.8. The number of H-pyrrole nitrogens is 1. The molecule has 1 aromatic heterocycles. The van der Waals surface area contributed by atoms with Crippen molar-refractivity contribution in [3.8, 4) is 0 Å². The summed E-state index contributed by atoms with van der Waals surface area (Å²) >= 11 is 1.46. The molecule has 0 aliphatic carbocycles. The lowest BCUT2D eigenvalue weighted by Gasteiger charge is -2.26. The van der Waals surface area contributed by atoms with Crippen molar-refractivity contribution in [2.24, 2.45) is 5.92 Å². The molecule has 0 bridgehead atoms. The topological polar surface area (TPSA) is 150 Å². The second-order valence-corrected chi connectivity index (χ2v) is 10.7. The van der Waals surface area contributed by atoms with Crippen LogP contribution in [0.1, 0.15) is 38.3 Å². The van der Waals surface area contributed by atoms with Crippen LogP contribution in [0.25, 0.3) is 10.9 Å². The van der Waals surface area contributed by atoms with Crippen molar-refractivity contribution in [3.05, 3.63) is 81.0 Å². The van der Waals surface area contributed by atoms with Gasteiger partial charge in [-0.2, -0.15) is 11.8 Å². The number of benzene rings is 2. The molecule has 0 radical (unpaired) electrons. The van der Waals surface area contributed by atoms with E-state index >= 15 is 0 Å². The van der Waals surface area contributed by atoms with Crippen molar-refractivity contribution in [3.63, 3.8) is 0 Å². The van der Waals surface area contributed by atoms with E-state index in [0.29, 0.717) is 16.8 Å². The minimum Gasteiger partial charge on any atom is -0.480 e. The Morgan fingerprint density at radius 3 is 2.23 bits per heavy atom. The van der Waals surface area contributed by atoms with Crippen molar-refractivity contribution < 1.29 is 19.5 Å². The summed E-state index contributed by atoms with van der Waals surface area (Å²) in [5, 5.41) is 15.0. The number of carboxylic acids is 1. The molecule has 2 aromatic carbocycles. The van der Waals surface area contributed by atoms with E-state index in [1.807, 2.05) is 26.2 Å². The van der Waals surface area contributed by atoms with Crippen molar-refractivity contribution in [2.45, 2.75) is 51.2 Å². The van der Waals surface area contributed by atoms with Gasteiger partial charge in [0.05, 0.1) is 10.9 Å². The quantitative estimate of drug-likeness (QED) is 0.253. The van der Waals surface area contributed by atoms with Crippen molar-refractivity contribution in [2.75, 3.05) is 12.0 Å². The van der Waals surface area contributed by atoms with Gasteiger partial charge in [-0.25, -0.2) is 14.2 Å². The molecule has 208 valence electrons. The van der Waals surface area contributed by atoms with Gasteiger partial charge in [-0.15, -0.1) is 0 Å². The average Bonchev–Trinajstić information content (AvgIpc) is 2.90. The van der Waals surface area contributed by atoms with Crippen LogP contribution in [-0.4, -0.2) is 56.5 Å². The Kier molecular flexibility index (Phi) is 10.5. The van der Waals surface area contributed by atoms with Gasteiger partial charge in [0, 0.05) is 6.42 Å². The van der Waals surface area contributed by atoms with Gasteiger partial charge in [-0.05, 0) is 48.5 Å². The largest absolute Gasteiger partial charge is 0.480 e. The Balaban J connectivity index is 1.99. The van der Waals surface area contributed by atoms with Gasteiger partial charge < -0.3 is 20.7 Å². The molecule has 2 amide bonds. The summed E-state index contributed by atoms with van der Waals surface area (Å²) < 4.78 is 0.882. The molecule has 4 N–H and O–H groups in total. The third-order valence-electron chi connectivity index (χ3n) is 6.29. The van der Waals surface area contributed by atoms with Crippen LogP contribution in [0.4, 0.5) is 0 Å². The number of aromatic nitrogens is 2. The zero-order valence-electron chi connectivity index (χ0n) is 22.2. The Morgan fingerprint density at radius 1 is 0.949 bits per heavy atom. The van der Waals surface area contributed by atoms with Crippen LogP contribution in [0.3, 0.4) is 0 Å². The molecular formula is C28H34N4O6S. The monoisotopic (exact) mass is 554 g/mol. The molecule has 0 unspecified atom stereocenters. The van der Waals surface area contributed by atoms with E-state index in [9.17, 15) is 29.1 Å². The van der Waals surface area contributed by atoms with Crippen LogP contribution in [0.5, 0.6) is 0 Å². The third kappa shape index (κ3) is 7.82. The molecule has 0 saturated heterocycles. The molecular weight excluding hydrogens is 520 g/mol. The molecule has 0 saturated carbocycles. The number of para-hydroxylation sites is 1. The number of amides is 2. The van der Waals surface area contributed by atoms with Crippen LogP contribution >= 0.6 is 11.8 Å². The summed E-state index contributed by atoms with van der Waals surface area (Å²) in [6.07, 6.45) is 2.32. The van der Waals surface area contributed by atoms with E-state index < -0.39 is 47.2 Å². The highest BCUT2D eigenvalue weighted by Gasteiger charge is 2.31. The standard InChI is InChI=1S/C28H34N4O6S/c1-17(2)15-22(24(33)29-21(27(36)37)13-14-39-3)30-25(34)23(16-18-9-5-4-6-10-18)32-26(35)19-11-7-8-12-20(19)31-28(32)38/h4-12,17,21-23H,13-16H2,1-3H3,(H,29,33)(H,30,34)(H,31,38)(H,36,37)/t21-,22-,23-/m0/s1. The molecule has 0 aliphatic rings. The fourth-order valence-corrected chi connectivity index (χ4v) is 4.81. The summed E-state index contributed by atoms with van der Waals surface area (Å²) in [7, 11) is 0. The van der Waals surface area contributed by atoms with Gasteiger partial charge in [-0.1, -0.05) is 56.3 Å². The lowest BCUT2D eigenvalue weighted by atomic mass is 10.0. The number of nitrogens with zero attached hydrogens (tertiary/aromatic N) is 1. The molecule has 39 heavy (non-hydrogen) atoms. The summed E-state index contributed by atoms with van der Waals surface area (Å²) in [5.41, 5.74) is -0.310. The van der Waals surface area contributed by atoms with Crippen LogP contribution in [0, 0.1) is 5.92 Å². The Morgan fingerprint density at radius 2 is 1.59 bits per heavy atom. The maximum absolute atomic E-state index is 13.8. The minimum absolute atomic E-state index is 0.0186. The molecule has 0 aliphatic heterocycles. The van der Waals surface area contributed by atoms with Crippen LogP contribution in [-0.2, 0) is 20.8 Å². The van der Waals surface area contributed by atoms with Gasteiger partial charge in [0.1, 0.15) is 18.1 Å². The highest BCUT2D eigenvalue weighted by molar-refractivity contribution is 7.98. The number of carbonyl (C=O) groups is 3. The first-order chi connectivity index (χ1) is 18.6. The summed E-state index contributed by atoms with van der Waals surface area (Å²) in [4.78, 5) is 67.8. The van der Waals surface area contributed by atoms with Gasteiger partial charge in [0.2, 0.25) is 11.8 Å². The lowest BCUT2D eigenvalue weighted by molar-refractivity contribution is -0.142. The number of nitrogens with one attached hydrogen (secondary N) is 3. The van der Waals surface area contributed by atoms with Crippen molar-refractivity contribution >= 4 is 40.4 Å². The number of thioether (sulfide) groups is 1. The maximum Gasteiger partial charge on any atom is 0.329 e. The van der Waals surface area contributed by atoms with Crippen LogP contribution in [0.2, 0.25) is 0 Å². The minimum atomic E-state index is -1.26. The Bertz CT molecular complexity index is 1420. The molecule has 3 rings (SSSR count). The average molecular weight is 555 g/mol. The summed E-state index contributed by atoms with van der Waals surface area (Å²) in [6, 6.07) is 12.0. The zero-order valence-corrected chi connectivity index (χ0v) is 23.0. The second-order valence-electron chi connectivity index (χ2n) is 9.73. The zero-order chi connectivity index (χ0) is 28.5. The van der Waals surface area contributed by atoms with Crippen molar-refractivity contribution in [1.82, 2.24) is 20.2 Å². The molecule has 10 nitrogen and oxygen atoms in total. The number of aromatic amines is 1. The molecule has 0 spiro atoms. The first kappa shape index (κ1) is 29.7. The van der Waals surface area contributed by atoms with Crippen molar-refractivity contribution in [1.29, 1.82) is 0 Å². The first-order valence-corrected chi connectivity index (χ1v) is 14.1. The number of carboxylic acid groups (broad SMARTS) is 1. The van der Waals surface area contributed by atoms with Crippen LogP contribution < -0.4 is 21.9 Å². The number of carbonyl (C=O) groups excluding carboxylic acids is 2. The smallest absolute Gasteiger partial charge is 0.329 e. The number of aliphatic carboxylic acids is 1. The summed E-state index contributed by atoms with van der Waals surface area (Å²) in [5.74, 6) is -1.98. The van der Waals surface area contributed by atoms with E-state index in [0.717, 1.165) is 4.57 Å². The SMILES string of the molecule is CSCC[C@H](NC(=O)[C@H](CC(C)C)NC(=O)[C@H](Cc1ccccc1)n1c(=O)[nH]c2ccccc2c1=O)C(=O)O. The predicted molar refractivity (Wildman–Crippen MR) is 152 cm³/mol. The fraction of sp³-hybridized carbons (Fsp3) is 0.393. The Hall–Kier alpha value is -3.86.